The topological polar surface area (TPSA) is 51.3 Å². The number of aromatic nitrogens is 1. The Hall–Kier alpha value is -1.74. The van der Waals surface area contributed by atoms with E-state index in [9.17, 15) is 0 Å². The minimum atomic E-state index is 0.836. The van der Waals surface area contributed by atoms with Crippen molar-refractivity contribution in [2.75, 3.05) is 7.05 Å². The quantitative estimate of drug-likeness (QED) is 0.765. The second-order valence-corrected chi connectivity index (χ2v) is 2.68. The van der Waals surface area contributed by atoms with Crippen molar-refractivity contribution in [3.05, 3.63) is 55.0 Å². The van der Waals surface area contributed by atoms with Crippen molar-refractivity contribution in [3.63, 3.8) is 0 Å². The molecule has 3 nitrogen and oxygen atoms in total. The van der Waals surface area contributed by atoms with E-state index in [1.165, 1.54) is 13.2 Å². The lowest BCUT2D eigenvalue weighted by Crippen LogP contribution is -2.01. The lowest BCUT2D eigenvalue weighted by molar-refractivity contribution is 1.31. The smallest absolute Gasteiger partial charge is 0.0740 e. The van der Waals surface area contributed by atoms with Gasteiger partial charge in [0, 0.05) is 24.2 Å². The molecular formula is C12H17N3. The maximum absolute atomic E-state index is 4.50. The molecule has 15 heavy (non-hydrogen) atoms. The number of nitrogens with zero attached hydrogens (tertiary/aromatic N) is 2. The largest absolute Gasteiger partial charge is 0.333 e. The van der Waals surface area contributed by atoms with E-state index in [4.69, 9.17) is 0 Å². The Bertz CT molecular complexity index is 339. The Labute approximate surface area is 91.1 Å². The molecule has 0 unspecified atom stereocenters. The van der Waals surface area contributed by atoms with Gasteiger partial charge in [0.15, 0.2) is 0 Å². The fourth-order valence-corrected chi connectivity index (χ4v) is 1.03. The zero-order valence-electron chi connectivity index (χ0n) is 9.27. The van der Waals surface area contributed by atoms with Crippen LogP contribution in [0.3, 0.4) is 0 Å². The highest BCUT2D eigenvalue weighted by atomic mass is 14.7. The molecule has 0 fully saturated rings. The Morgan fingerprint density at radius 1 is 1.53 bits per heavy atom. The van der Waals surface area contributed by atoms with Crippen molar-refractivity contribution in [2.45, 2.75) is 6.92 Å². The summed E-state index contributed by atoms with van der Waals surface area (Å²) in [5, 5.41) is 0. The molecule has 1 aromatic rings. The summed E-state index contributed by atoms with van der Waals surface area (Å²) in [7, 11) is 1.50. The summed E-state index contributed by atoms with van der Waals surface area (Å²) < 4.78 is 0. The first-order valence-electron chi connectivity index (χ1n) is 4.58. The van der Waals surface area contributed by atoms with E-state index in [-0.39, 0.29) is 0 Å². The predicted octanol–water partition coefficient (Wildman–Crippen LogP) is 2.17. The predicted molar refractivity (Wildman–Crippen MR) is 65.9 cm³/mol. The zero-order chi connectivity index (χ0) is 11.7. The van der Waals surface area contributed by atoms with Gasteiger partial charge < -0.3 is 5.73 Å². The van der Waals surface area contributed by atoms with E-state index in [0.717, 1.165) is 16.8 Å². The van der Waals surface area contributed by atoms with Gasteiger partial charge in [0.2, 0.25) is 0 Å². The van der Waals surface area contributed by atoms with E-state index >= 15 is 0 Å². The Morgan fingerprint density at radius 2 is 2.20 bits per heavy atom. The molecule has 0 spiro atoms. The summed E-state index contributed by atoms with van der Waals surface area (Å²) in [5.74, 6) is 0. The highest BCUT2D eigenvalue weighted by Gasteiger charge is 2.01. The standard InChI is InChI=1S/C11H12N2.CH5N/c1-4-13-11(9(2)3)10-6-5-7-12-8-10;1-2/h4-8H,1-2H2,3H3;2H2,1H3. The van der Waals surface area contributed by atoms with E-state index in [1.807, 2.05) is 19.1 Å². The number of pyridine rings is 1. The molecule has 0 amide bonds. The van der Waals surface area contributed by atoms with E-state index < -0.39 is 0 Å². The maximum Gasteiger partial charge on any atom is 0.0740 e. The normalized spacial score (nSPS) is 9.93. The average molecular weight is 203 g/mol. The van der Waals surface area contributed by atoms with Gasteiger partial charge in [0.05, 0.1) is 5.71 Å². The number of allylic oxidation sites excluding steroid dienone is 1. The first kappa shape index (κ1) is 13.3. The van der Waals surface area contributed by atoms with Crippen LogP contribution in [0.25, 0.3) is 0 Å². The minimum Gasteiger partial charge on any atom is -0.333 e. The zero-order valence-corrected chi connectivity index (χ0v) is 9.27. The fraction of sp³-hybridized carbons (Fsp3) is 0.167. The van der Waals surface area contributed by atoms with Crippen LogP contribution in [0.5, 0.6) is 0 Å². The van der Waals surface area contributed by atoms with E-state index in [1.54, 1.807) is 12.4 Å². The number of hydrogen-bond acceptors (Lipinski definition) is 3. The summed E-state index contributed by atoms with van der Waals surface area (Å²) >= 11 is 0. The van der Waals surface area contributed by atoms with Crippen LogP contribution in [-0.4, -0.2) is 17.7 Å². The highest BCUT2D eigenvalue weighted by Crippen LogP contribution is 2.06. The summed E-state index contributed by atoms with van der Waals surface area (Å²) in [5.41, 5.74) is 7.21. The van der Waals surface area contributed by atoms with Crippen LogP contribution < -0.4 is 5.73 Å². The summed E-state index contributed by atoms with van der Waals surface area (Å²) in [6, 6.07) is 3.82. The molecule has 1 heterocycles. The second kappa shape index (κ2) is 7.64. The molecule has 80 valence electrons. The van der Waals surface area contributed by atoms with Crippen molar-refractivity contribution in [2.24, 2.45) is 10.7 Å². The Balaban J connectivity index is 0.000000921. The second-order valence-electron chi connectivity index (χ2n) is 2.68. The first-order valence-corrected chi connectivity index (χ1v) is 4.58. The molecule has 0 saturated heterocycles. The van der Waals surface area contributed by atoms with Crippen molar-refractivity contribution in [1.29, 1.82) is 0 Å². The lowest BCUT2D eigenvalue weighted by Gasteiger charge is -2.03. The van der Waals surface area contributed by atoms with Crippen molar-refractivity contribution in [3.8, 4) is 0 Å². The average Bonchev–Trinajstić information content (AvgIpc) is 2.29. The molecule has 0 radical (unpaired) electrons. The van der Waals surface area contributed by atoms with Crippen LogP contribution in [0.4, 0.5) is 0 Å². The molecule has 0 bridgehead atoms. The SMILES string of the molecule is C=CN=C(C(=C)C)c1cccnc1.CN. The van der Waals surface area contributed by atoms with Crippen molar-refractivity contribution < 1.29 is 0 Å². The Kier molecular flexibility index (Phi) is 6.76. The van der Waals surface area contributed by atoms with Crippen LogP contribution in [0.15, 0.2) is 54.4 Å². The lowest BCUT2D eigenvalue weighted by atomic mass is 10.1. The van der Waals surface area contributed by atoms with Gasteiger partial charge in [0.25, 0.3) is 0 Å². The third kappa shape index (κ3) is 4.33. The molecule has 0 saturated carbocycles. The third-order valence-electron chi connectivity index (χ3n) is 1.56. The maximum atomic E-state index is 4.50. The number of nitrogens with two attached hydrogens (primary N) is 1. The number of hydrogen-bond donors (Lipinski definition) is 1. The summed E-state index contributed by atoms with van der Waals surface area (Å²) in [6.07, 6.45) is 5.00. The van der Waals surface area contributed by atoms with Crippen LogP contribution in [0.1, 0.15) is 12.5 Å². The summed E-state index contributed by atoms with van der Waals surface area (Å²) in [6.45, 7) is 9.32. The van der Waals surface area contributed by atoms with E-state index in [2.05, 4.69) is 28.9 Å². The molecule has 0 aliphatic heterocycles. The van der Waals surface area contributed by atoms with Crippen LogP contribution in [0, 0.1) is 0 Å². The molecule has 1 rings (SSSR count). The van der Waals surface area contributed by atoms with Gasteiger partial charge in [-0.3, -0.25) is 9.98 Å². The van der Waals surface area contributed by atoms with Gasteiger partial charge in [-0.15, -0.1) is 0 Å². The molecular weight excluding hydrogens is 186 g/mol. The van der Waals surface area contributed by atoms with Gasteiger partial charge >= 0.3 is 0 Å². The van der Waals surface area contributed by atoms with Gasteiger partial charge in [-0.05, 0) is 31.7 Å². The van der Waals surface area contributed by atoms with Gasteiger partial charge in [0.1, 0.15) is 0 Å². The monoisotopic (exact) mass is 203 g/mol. The third-order valence-corrected chi connectivity index (χ3v) is 1.56. The van der Waals surface area contributed by atoms with Gasteiger partial charge in [-0.2, -0.15) is 0 Å². The molecule has 0 aliphatic rings. The number of rotatable bonds is 3. The van der Waals surface area contributed by atoms with Gasteiger partial charge in [-0.1, -0.05) is 13.2 Å². The van der Waals surface area contributed by atoms with Crippen molar-refractivity contribution >= 4 is 5.71 Å². The van der Waals surface area contributed by atoms with E-state index in [0.29, 0.717) is 0 Å². The summed E-state index contributed by atoms with van der Waals surface area (Å²) in [4.78, 5) is 8.15. The molecule has 0 atom stereocenters. The number of aliphatic imine (C=N–C) groups is 1. The van der Waals surface area contributed by atoms with Crippen LogP contribution in [-0.2, 0) is 0 Å². The first-order chi connectivity index (χ1) is 7.25. The minimum absolute atomic E-state index is 0.836. The fourth-order valence-electron chi connectivity index (χ4n) is 1.03. The van der Waals surface area contributed by atoms with Crippen molar-refractivity contribution in [1.82, 2.24) is 4.98 Å². The molecule has 0 aliphatic carbocycles. The molecule has 0 aromatic carbocycles. The highest BCUT2D eigenvalue weighted by molar-refractivity contribution is 6.11. The Morgan fingerprint density at radius 3 is 2.60 bits per heavy atom. The van der Waals surface area contributed by atoms with Crippen LogP contribution in [0.2, 0.25) is 0 Å². The van der Waals surface area contributed by atoms with Crippen LogP contribution >= 0.6 is 0 Å². The molecule has 1 aromatic heterocycles. The van der Waals surface area contributed by atoms with Gasteiger partial charge in [-0.25, -0.2) is 0 Å². The molecule has 3 heteroatoms. The molecule has 2 N–H and O–H groups in total.